The summed E-state index contributed by atoms with van der Waals surface area (Å²) < 4.78 is 0. The van der Waals surface area contributed by atoms with Crippen LogP contribution >= 0.6 is 0 Å². The third-order valence-electron chi connectivity index (χ3n) is 2.95. The molecule has 0 radical (unpaired) electrons. The molecule has 2 N–H and O–H groups in total. The van der Waals surface area contributed by atoms with Crippen LogP contribution in [0.4, 0.5) is 0 Å². The molecule has 0 heterocycles. The standard InChI is InChI=1S/C13H28O2/c1-4-7-10-13(15,9-6-3)11-12(14)8-5-2/h12,14-15H,4-11H2,1-3H3. The van der Waals surface area contributed by atoms with Gasteiger partial charge in [-0.1, -0.05) is 46.5 Å². The summed E-state index contributed by atoms with van der Waals surface area (Å²) in [6, 6.07) is 0. The van der Waals surface area contributed by atoms with Crippen molar-refractivity contribution < 1.29 is 10.2 Å². The van der Waals surface area contributed by atoms with Gasteiger partial charge >= 0.3 is 0 Å². The Bertz CT molecular complexity index is 147. The van der Waals surface area contributed by atoms with E-state index in [2.05, 4.69) is 20.8 Å². The van der Waals surface area contributed by atoms with E-state index in [1.54, 1.807) is 0 Å². The molecule has 0 aromatic carbocycles. The first-order chi connectivity index (χ1) is 7.08. The second-order valence-corrected chi connectivity index (χ2v) is 4.72. The third kappa shape index (κ3) is 6.91. The summed E-state index contributed by atoms with van der Waals surface area (Å²) in [4.78, 5) is 0. The molecule has 2 heteroatoms. The smallest absolute Gasteiger partial charge is 0.0672 e. The molecule has 0 aromatic rings. The summed E-state index contributed by atoms with van der Waals surface area (Å²) >= 11 is 0. The highest BCUT2D eigenvalue weighted by molar-refractivity contribution is 4.81. The molecule has 92 valence electrons. The molecular weight excluding hydrogens is 188 g/mol. The van der Waals surface area contributed by atoms with Crippen molar-refractivity contribution in [3.8, 4) is 0 Å². The lowest BCUT2D eigenvalue weighted by atomic mass is 9.85. The number of hydrogen-bond acceptors (Lipinski definition) is 2. The second kappa shape index (κ2) is 8.12. The van der Waals surface area contributed by atoms with Crippen molar-refractivity contribution in [2.45, 2.75) is 83.8 Å². The first-order valence-corrected chi connectivity index (χ1v) is 6.48. The summed E-state index contributed by atoms with van der Waals surface area (Å²) in [7, 11) is 0. The number of rotatable bonds is 9. The van der Waals surface area contributed by atoms with Gasteiger partial charge in [0.25, 0.3) is 0 Å². The maximum Gasteiger partial charge on any atom is 0.0672 e. The lowest BCUT2D eigenvalue weighted by Crippen LogP contribution is -2.33. The molecular formula is C13H28O2. The minimum Gasteiger partial charge on any atom is -0.393 e. The first kappa shape index (κ1) is 14.9. The summed E-state index contributed by atoms with van der Waals surface area (Å²) in [5.41, 5.74) is -0.626. The van der Waals surface area contributed by atoms with Crippen molar-refractivity contribution in [1.29, 1.82) is 0 Å². The van der Waals surface area contributed by atoms with Gasteiger partial charge in [-0.2, -0.15) is 0 Å². The van der Waals surface area contributed by atoms with E-state index in [0.29, 0.717) is 6.42 Å². The van der Waals surface area contributed by atoms with Gasteiger partial charge < -0.3 is 10.2 Å². The van der Waals surface area contributed by atoms with Crippen molar-refractivity contribution in [2.24, 2.45) is 0 Å². The molecule has 0 bridgehead atoms. The van der Waals surface area contributed by atoms with Crippen LogP contribution in [0.25, 0.3) is 0 Å². The number of hydrogen-bond donors (Lipinski definition) is 2. The maximum absolute atomic E-state index is 10.4. The van der Waals surface area contributed by atoms with Gasteiger partial charge in [0, 0.05) is 6.42 Å². The molecule has 0 saturated carbocycles. The van der Waals surface area contributed by atoms with Crippen molar-refractivity contribution in [2.75, 3.05) is 0 Å². The Morgan fingerprint density at radius 1 is 1.00 bits per heavy atom. The Labute approximate surface area is 94.7 Å². The average Bonchev–Trinajstić information content (AvgIpc) is 2.15. The largest absolute Gasteiger partial charge is 0.393 e. The SMILES string of the molecule is CCCCC(O)(CCC)CC(O)CCC. The predicted octanol–water partition coefficient (Wildman–Crippen LogP) is 3.26. The molecule has 2 unspecified atom stereocenters. The fraction of sp³-hybridized carbons (Fsp3) is 1.00. The zero-order valence-corrected chi connectivity index (χ0v) is 10.6. The predicted molar refractivity (Wildman–Crippen MR) is 64.9 cm³/mol. The first-order valence-electron chi connectivity index (χ1n) is 6.48. The molecule has 0 rings (SSSR count). The highest BCUT2D eigenvalue weighted by atomic mass is 16.3. The highest BCUT2D eigenvalue weighted by Gasteiger charge is 2.27. The summed E-state index contributed by atoms with van der Waals surface area (Å²) in [5.74, 6) is 0. The highest BCUT2D eigenvalue weighted by Crippen LogP contribution is 2.27. The van der Waals surface area contributed by atoms with E-state index in [4.69, 9.17) is 0 Å². The Hall–Kier alpha value is -0.0800. The molecule has 0 aliphatic heterocycles. The van der Waals surface area contributed by atoms with Crippen molar-refractivity contribution in [3.05, 3.63) is 0 Å². The number of aliphatic hydroxyl groups excluding tert-OH is 1. The fourth-order valence-corrected chi connectivity index (χ4v) is 2.17. The molecule has 2 atom stereocenters. The van der Waals surface area contributed by atoms with Crippen molar-refractivity contribution >= 4 is 0 Å². The van der Waals surface area contributed by atoms with E-state index in [0.717, 1.165) is 44.9 Å². The van der Waals surface area contributed by atoms with E-state index < -0.39 is 5.60 Å². The number of aliphatic hydroxyl groups is 2. The molecule has 0 aromatic heterocycles. The topological polar surface area (TPSA) is 40.5 Å². The second-order valence-electron chi connectivity index (χ2n) is 4.72. The number of unbranched alkanes of at least 4 members (excludes halogenated alkanes) is 1. The van der Waals surface area contributed by atoms with E-state index in [-0.39, 0.29) is 6.10 Å². The minimum absolute atomic E-state index is 0.330. The fourth-order valence-electron chi connectivity index (χ4n) is 2.17. The van der Waals surface area contributed by atoms with Crippen LogP contribution in [0.3, 0.4) is 0 Å². The van der Waals surface area contributed by atoms with Gasteiger partial charge in [0.15, 0.2) is 0 Å². The van der Waals surface area contributed by atoms with Crippen LogP contribution in [-0.2, 0) is 0 Å². The van der Waals surface area contributed by atoms with Gasteiger partial charge in [0.2, 0.25) is 0 Å². The van der Waals surface area contributed by atoms with Crippen LogP contribution in [0, 0.1) is 0 Å². The lowest BCUT2D eigenvalue weighted by molar-refractivity contribution is -0.0276. The van der Waals surface area contributed by atoms with Gasteiger partial charge in [0.05, 0.1) is 11.7 Å². The summed E-state index contributed by atoms with van der Waals surface area (Å²) in [6.07, 6.45) is 6.79. The quantitative estimate of drug-likeness (QED) is 0.621. The monoisotopic (exact) mass is 216 g/mol. The van der Waals surface area contributed by atoms with Gasteiger partial charge in [-0.3, -0.25) is 0 Å². The molecule has 0 amide bonds. The van der Waals surface area contributed by atoms with E-state index in [1.807, 2.05) is 0 Å². The zero-order chi connectivity index (χ0) is 11.7. The summed E-state index contributed by atoms with van der Waals surface area (Å²) in [6.45, 7) is 6.28. The van der Waals surface area contributed by atoms with E-state index >= 15 is 0 Å². The van der Waals surface area contributed by atoms with Gasteiger partial charge in [0.1, 0.15) is 0 Å². The molecule has 0 saturated heterocycles. The Balaban J connectivity index is 4.09. The summed E-state index contributed by atoms with van der Waals surface area (Å²) in [5, 5.41) is 20.1. The van der Waals surface area contributed by atoms with Gasteiger partial charge in [-0.25, -0.2) is 0 Å². The Kier molecular flexibility index (Phi) is 8.07. The van der Waals surface area contributed by atoms with Crippen molar-refractivity contribution in [3.63, 3.8) is 0 Å². The Morgan fingerprint density at radius 2 is 1.67 bits per heavy atom. The van der Waals surface area contributed by atoms with Crippen molar-refractivity contribution in [1.82, 2.24) is 0 Å². The third-order valence-corrected chi connectivity index (χ3v) is 2.95. The Morgan fingerprint density at radius 3 is 2.13 bits per heavy atom. The van der Waals surface area contributed by atoms with Gasteiger partial charge in [-0.15, -0.1) is 0 Å². The van der Waals surface area contributed by atoms with Crippen LogP contribution in [-0.4, -0.2) is 21.9 Å². The molecule has 0 aliphatic rings. The lowest BCUT2D eigenvalue weighted by Gasteiger charge is -2.30. The van der Waals surface area contributed by atoms with Crippen LogP contribution < -0.4 is 0 Å². The average molecular weight is 216 g/mol. The maximum atomic E-state index is 10.4. The molecule has 0 spiro atoms. The van der Waals surface area contributed by atoms with Crippen LogP contribution in [0.5, 0.6) is 0 Å². The van der Waals surface area contributed by atoms with Crippen LogP contribution in [0.2, 0.25) is 0 Å². The molecule has 0 aliphatic carbocycles. The van der Waals surface area contributed by atoms with E-state index in [1.165, 1.54) is 0 Å². The van der Waals surface area contributed by atoms with Gasteiger partial charge in [-0.05, 0) is 19.3 Å². The molecule has 15 heavy (non-hydrogen) atoms. The molecule has 2 nitrogen and oxygen atoms in total. The molecule has 0 fully saturated rings. The van der Waals surface area contributed by atoms with E-state index in [9.17, 15) is 10.2 Å². The minimum atomic E-state index is -0.626. The zero-order valence-electron chi connectivity index (χ0n) is 10.6. The van der Waals surface area contributed by atoms with Crippen LogP contribution in [0.1, 0.15) is 72.1 Å². The normalized spacial score (nSPS) is 17.4. The van der Waals surface area contributed by atoms with Crippen LogP contribution in [0.15, 0.2) is 0 Å².